The number of hydrogen-bond donors (Lipinski definition) is 1. The molecule has 0 amide bonds. The Morgan fingerprint density at radius 1 is 1.28 bits per heavy atom. The van der Waals surface area contributed by atoms with E-state index in [1.165, 1.54) is 0 Å². The first-order chi connectivity index (χ1) is 8.58. The molecular formula is C14H21N3S. The van der Waals surface area contributed by atoms with Crippen LogP contribution < -0.4 is 5.32 Å². The maximum atomic E-state index is 4.86. The maximum absolute atomic E-state index is 4.86. The highest BCUT2D eigenvalue weighted by Crippen LogP contribution is 2.34. The second kappa shape index (κ2) is 5.31. The summed E-state index contributed by atoms with van der Waals surface area (Å²) in [7, 11) is 0. The van der Waals surface area contributed by atoms with Crippen LogP contribution in [0.3, 0.4) is 0 Å². The Bertz CT molecular complexity index is 464. The van der Waals surface area contributed by atoms with E-state index in [1.807, 2.05) is 31.7 Å². The van der Waals surface area contributed by atoms with Crippen LogP contribution in [-0.2, 0) is 0 Å². The first-order valence-corrected chi connectivity index (χ1v) is 7.51. The van der Waals surface area contributed by atoms with E-state index < -0.39 is 0 Å². The van der Waals surface area contributed by atoms with Gasteiger partial charge in [-0.1, -0.05) is 25.6 Å². The van der Waals surface area contributed by atoms with Crippen LogP contribution in [0.25, 0.3) is 0 Å². The van der Waals surface area contributed by atoms with E-state index in [0.717, 1.165) is 40.8 Å². The number of aliphatic imine (C=N–C) groups is 1. The van der Waals surface area contributed by atoms with E-state index in [9.17, 15) is 0 Å². The van der Waals surface area contributed by atoms with Crippen LogP contribution in [0.4, 0.5) is 5.69 Å². The predicted molar refractivity (Wildman–Crippen MR) is 80.5 cm³/mol. The van der Waals surface area contributed by atoms with Gasteiger partial charge in [0.2, 0.25) is 0 Å². The molecule has 0 radical (unpaired) electrons. The standard InChI is InChI=1S/C14H21N3S/c1-5-14(6-2)9-18-13(17-14)16-12-8-7-10(3)15-11(12)4/h7-8H,5-6,9H2,1-4H3,(H,16,17). The van der Waals surface area contributed by atoms with Crippen molar-refractivity contribution in [3.8, 4) is 0 Å². The zero-order valence-electron chi connectivity index (χ0n) is 11.6. The largest absolute Gasteiger partial charge is 0.333 e. The Kier molecular flexibility index (Phi) is 3.95. The molecule has 0 atom stereocenters. The summed E-state index contributed by atoms with van der Waals surface area (Å²) in [5.74, 6) is 1.08. The number of aryl methyl sites for hydroxylation is 2. The predicted octanol–water partition coefficient (Wildman–Crippen LogP) is 3.77. The van der Waals surface area contributed by atoms with Crippen LogP contribution in [0.5, 0.6) is 0 Å². The van der Waals surface area contributed by atoms with Crippen molar-refractivity contribution >= 4 is 22.6 Å². The molecule has 0 spiro atoms. The van der Waals surface area contributed by atoms with Gasteiger partial charge >= 0.3 is 0 Å². The van der Waals surface area contributed by atoms with Crippen molar-refractivity contribution in [2.75, 3.05) is 11.1 Å². The fraction of sp³-hybridized carbons (Fsp3) is 0.571. The van der Waals surface area contributed by atoms with Crippen molar-refractivity contribution in [1.29, 1.82) is 0 Å². The third-order valence-corrected chi connectivity index (χ3v) is 4.75. The molecule has 0 aliphatic carbocycles. The van der Waals surface area contributed by atoms with E-state index in [1.54, 1.807) is 0 Å². The van der Waals surface area contributed by atoms with Crippen LogP contribution in [-0.4, -0.2) is 21.4 Å². The number of rotatable bonds is 3. The van der Waals surface area contributed by atoms with Crippen molar-refractivity contribution in [3.63, 3.8) is 0 Å². The van der Waals surface area contributed by atoms with Crippen molar-refractivity contribution in [2.45, 2.75) is 46.1 Å². The molecule has 1 aliphatic rings. The molecule has 2 rings (SSSR count). The van der Waals surface area contributed by atoms with Gasteiger partial charge in [0.25, 0.3) is 0 Å². The Labute approximate surface area is 113 Å². The fourth-order valence-electron chi connectivity index (χ4n) is 2.09. The van der Waals surface area contributed by atoms with Crippen LogP contribution in [0.2, 0.25) is 0 Å². The molecule has 98 valence electrons. The summed E-state index contributed by atoms with van der Waals surface area (Å²) >= 11 is 1.82. The van der Waals surface area contributed by atoms with Gasteiger partial charge in [-0.05, 0) is 38.8 Å². The number of hydrogen-bond acceptors (Lipinski definition) is 4. The molecule has 0 fully saturated rings. The highest BCUT2D eigenvalue weighted by molar-refractivity contribution is 8.14. The van der Waals surface area contributed by atoms with Gasteiger partial charge in [-0.15, -0.1) is 0 Å². The van der Waals surface area contributed by atoms with Gasteiger partial charge in [0, 0.05) is 11.4 Å². The quantitative estimate of drug-likeness (QED) is 0.902. The molecule has 0 saturated heterocycles. The van der Waals surface area contributed by atoms with E-state index in [-0.39, 0.29) is 5.54 Å². The van der Waals surface area contributed by atoms with Gasteiger partial charge in [0.05, 0.1) is 16.9 Å². The third-order valence-electron chi connectivity index (χ3n) is 3.60. The lowest BCUT2D eigenvalue weighted by Crippen LogP contribution is -2.24. The smallest absolute Gasteiger partial charge is 0.161 e. The number of nitrogens with zero attached hydrogens (tertiary/aromatic N) is 2. The highest BCUT2D eigenvalue weighted by atomic mass is 32.2. The Balaban J connectivity index is 2.15. The first-order valence-electron chi connectivity index (χ1n) is 6.52. The zero-order valence-corrected chi connectivity index (χ0v) is 12.4. The molecule has 2 heterocycles. The summed E-state index contributed by atoms with van der Waals surface area (Å²) in [5.41, 5.74) is 3.29. The topological polar surface area (TPSA) is 37.3 Å². The van der Waals surface area contributed by atoms with Gasteiger partial charge in [-0.25, -0.2) is 0 Å². The van der Waals surface area contributed by atoms with Gasteiger partial charge in [-0.2, -0.15) is 0 Å². The Hall–Kier alpha value is -1.03. The summed E-state index contributed by atoms with van der Waals surface area (Å²) in [6, 6.07) is 4.11. The minimum absolute atomic E-state index is 0.138. The van der Waals surface area contributed by atoms with Crippen LogP contribution in [0.1, 0.15) is 38.1 Å². The van der Waals surface area contributed by atoms with Crippen molar-refractivity contribution in [3.05, 3.63) is 23.5 Å². The second-order valence-electron chi connectivity index (χ2n) is 4.85. The fourth-order valence-corrected chi connectivity index (χ4v) is 3.41. The second-order valence-corrected chi connectivity index (χ2v) is 5.81. The minimum Gasteiger partial charge on any atom is -0.333 e. The molecular weight excluding hydrogens is 242 g/mol. The van der Waals surface area contributed by atoms with Crippen molar-refractivity contribution in [2.24, 2.45) is 4.99 Å². The molecule has 1 N–H and O–H groups in total. The normalized spacial score (nSPS) is 17.7. The number of anilines is 1. The van der Waals surface area contributed by atoms with Crippen LogP contribution >= 0.6 is 11.8 Å². The molecule has 1 aromatic heterocycles. The third kappa shape index (κ3) is 2.69. The molecule has 0 saturated carbocycles. The van der Waals surface area contributed by atoms with E-state index in [4.69, 9.17) is 4.99 Å². The average Bonchev–Trinajstić information content (AvgIpc) is 2.77. The Morgan fingerprint density at radius 3 is 2.56 bits per heavy atom. The molecule has 3 nitrogen and oxygen atoms in total. The van der Waals surface area contributed by atoms with Gasteiger partial charge in [0.1, 0.15) is 0 Å². The molecule has 0 unspecified atom stereocenters. The average molecular weight is 263 g/mol. The van der Waals surface area contributed by atoms with E-state index in [0.29, 0.717) is 0 Å². The van der Waals surface area contributed by atoms with Crippen molar-refractivity contribution in [1.82, 2.24) is 4.98 Å². The number of thioether (sulfide) groups is 1. The summed E-state index contributed by atoms with van der Waals surface area (Å²) < 4.78 is 0. The van der Waals surface area contributed by atoms with Gasteiger partial charge < -0.3 is 5.32 Å². The Morgan fingerprint density at radius 2 is 2.00 bits per heavy atom. The summed E-state index contributed by atoms with van der Waals surface area (Å²) in [5, 5.41) is 4.44. The van der Waals surface area contributed by atoms with Crippen molar-refractivity contribution < 1.29 is 0 Å². The lowest BCUT2D eigenvalue weighted by Gasteiger charge is -2.20. The zero-order chi connectivity index (χ0) is 13.2. The summed E-state index contributed by atoms with van der Waals surface area (Å²) in [6.45, 7) is 8.48. The molecule has 4 heteroatoms. The highest BCUT2D eigenvalue weighted by Gasteiger charge is 2.32. The van der Waals surface area contributed by atoms with Crippen LogP contribution in [0, 0.1) is 13.8 Å². The molecule has 1 aliphatic heterocycles. The number of aromatic nitrogens is 1. The van der Waals surface area contributed by atoms with E-state index in [2.05, 4.69) is 30.2 Å². The molecule has 0 aromatic carbocycles. The first kappa shape index (κ1) is 13.4. The maximum Gasteiger partial charge on any atom is 0.161 e. The summed E-state index contributed by atoms with van der Waals surface area (Å²) in [4.78, 5) is 9.32. The molecule has 1 aromatic rings. The lowest BCUT2D eigenvalue weighted by atomic mass is 9.97. The number of nitrogens with one attached hydrogen (secondary N) is 1. The number of amidine groups is 1. The minimum atomic E-state index is 0.138. The monoisotopic (exact) mass is 263 g/mol. The summed E-state index contributed by atoms with van der Waals surface area (Å²) in [6.07, 6.45) is 2.21. The van der Waals surface area contributed by atoms with Gasteiger partial charge in [-0.3, -0.25) is 9.98 Å². The molecule has 18 heavy (non-hydrogen) atoms. The van der Waals surface area contributed by atoms with Gasteiger partial charge in [0.15, 0.2) is 5.17 Å². The SMILES string of the molecule is CCC1(CC)CSC(Nc2ccc(C)nc2C)=N1. The molecule has 0 bridgehead atoms. The van der Waals surface area contributed by atoms with Crippen LogP contribution in [0.15, 0.2) is 17.1 Å². The lowest BCUT2D eigenvalue weighted by molar-refractivity contribution is 0.456. The van der Waals surface area contributed by atoms with E-state index >= 15 is 0 Å². The number of pyridine rings is 1.